The molecule has 1 saturated heterocycles. The van der Waals surface area contributed by atoms with Crippen molar-refractivity contribution < 1.29 is 14.6 Å². The normalized spacial score (nSPS) is 27.8. The number of rotatable bonds is 2. The first kappa shape index (κ1) is 11.1. The molecule has 2 unspecified atom stereocenters. The van der Waals surface area contributed by atoms with Crippen molar-refractivity contribution in [2.24, 2.45) is 0 Å². The molecule has 1 fully saturated rings. The number of hydrogen-bond donors (Lipinski definition) is 1. The number of fused-ring (bicyclic) bond motifs is 1. The van der Waals surface area contributed by atoms with E-state index in [1.165, 1.54) is 5.56 Å². The zero-order valence-electron chi connectivity index (χ0n) is 9.89. The number of hydrogen-bond acceptors (Lipinski definition) is 3. The fourth-order valence-corrected chi connectivity index (χ4v) is 2.62. The van der Waals surface area contributed by atoms with Crippen LogP contribution in [0, 0.1) is 0 Å². The van der Waals surface area contributed by atoms with Crippen LogP contribution in [0.1, 0.15) is 36.5 Å². The Bertz CT molecular complexity index is 396. The summed E-state index contributed by atoms with van der Waals surface area (Å²) in [5, 5.41) is 9.97. The van der Waals surface area contributed by atoms with Crippen molar-refractivity contribution >= 4 is 0 Å². The fourth-order valence-electron chi connectivity index (χ4n) is 2.62. The zero-order valence-corrected chi connectivity index (χ0v) is 9.89. The summed E-state index contributed by atoms with van der Waals surface area (Å²) < 4.78 is 11.1. The van der Waals surface area contributed by atoms with E-state index in [9.17, 15) is 5.11 Å². The Hall–Kier alpha value is -1.06. The monoisotopic (exact) mass is 234 g/mol. The smallest absolute Gasteiger partial charge is 0.124 e. The van der Waals surface area contributed by atoms with Crippen LogP contribution in [0.3, 0.4) is 0 Å². The highest BCUT2D eigenvalue weighted by atomic mass is 16.5. The summed E-state index contributed by atoms with van der Waals surface area (Å²) >= 11 is 0. The second-order valence-corrected chi connectivity index (χ2v) is 4.87. The molecule has 0 aromatic heterocycles. The van der Waals surface area contributed by atoms with Crippen molar-refractivity contribution in [1.29, 1.82) is 0 Å². The quantitative estimate of drug-likeness (QED) is 0.852. The van der Waals surface area contributed by atoms with Gasteiger partial charge in [-0.3, -0.25) is 0 Å². The molecule has 0 amide bonds. The maximum Gasteiger partial charge on any atom is 0.124 e. The zero-order chi connectivity index (χ0) is 11.7. The summed E-state index contributed by atoms with van der Waals surface area (Å²) in [4.78, 5) is 0. The Morgan fingerprint density at radius 2 is 2.24 bits per heavy atom. The second kappa shape index (κ2) is 4.67. The molecule has 1 N–H and O–H groups in total. The minimum absolute atomic E-state index is 0.175. The molecule has 0 saturated carbocycles. The van der Waals surface area contributed by atoms with Crippen LogP contribution in [-0.4, -0.2) is 24.4 Å². The van der Waals surface area contributed by atoms with Crippen LogP contribution in [0.4, 0.5) is 0 Å². The van der Waals surface area contributed by atoms with Crippen molar-refractivity contribution in [2.45, 2.75) is 37.9 Å². The largest absolute Gasteiger partial charge is 0.488 e. The number of aliphatic hydroxyl groups is 1. The lowest BCUT2D eigenvalue weighted by Crippen LogP contribution is -2.16. The molecular formula is C14H18O3. The van der Waals surface area contributed by atoms with Gasteiger partial charge in [-0.25, -0.2) is 0 Å². The Morgan fingerprint density at radius 1 is 1.29 bits per heavy atom. The van der Waals surface area contributed by atoms with Gasteiger partial charge in [-0.1, -0.05) is 6.07 Å². The van der Waals surface area contributed by atoms with Crippen LogP contribution in [0.2, 0.25) is 0 Å². The lowest BCUT2D eigenvalue weighted by atomic mass is 9.89. The van der Waals surface area contributed by atoms with Gasteiger partial charge in [0.15, 0.2) is 0 Å². The van der Waals surface area contributed by atoms with E-state index in [1.54, 1.807) is 0 Å². The number of ether oxygens (including phenoxy) is 2. The first-order valence-electron chi connectivity index (χ1n) is 6.38. The van der Waals surface area contributed by atoms with Gasteiger partial charge in [0, 0.05) is 6.42 Å². The third-order valence-electron chi connectivity index (χ3n) is 3.59. The Labute approximate surface area is 101 Å². The summed E-state index contributed by atoms with van der Waals surface area (Å²) in [6.45, 7) is 1.47. The topological polar surface area (TPSA) is 38.7 Å². The number of aryl methyl sites for hydroxylation is 1. The number of benzene rings is 1. The van der Waals surface area contributed by atoms with Crippen molar-refractivity contribution in [3.8, 4) is 5.75 Å². The van der Waals surface area contributed by atoms with Gasteiger partial charge in [0.25, 0.3) is 0 Å². The standard InChI is InChI=1S/C14H18O3/c15-14-3-1-2-10-4-5-11(8-13(10)14)17-12-6-7-16-9-12/h4-5,8,12,14-15H,1-3,6-7,9H2. The molecule has 0 bridgehead atoms. The first-order valence-corrected chi connectivity index (χ1v) is 6.38. The van der Waals surface area contributed by atoms with E-state index < -0.39 is 0 Å². The molecule has 3 rings (SSSR count). The summed E-state index contributed by atoms with van der Waals surface area (Å²) in [7, 11) is 0. The fraction of sp³-hybridized carbons (Fsp3) is 0.571. The predicted octanol–water partition coefficient (Wildman–Crippen LogP) is 2.22. The van der Waals surface area contributed by atoms with Gasteiger partial charge in [0.1, 0.15) is 11.9 Å². The SMILES string of the molecule is OC1CCCc2ccc(OC3CCOC3)cc21. The van der Waals surface area contributed by atoms with Gasteiger partial charge in [-0.05, 0) is 42.5 Å². The molecule has 0 radical (unpaired) electrons. The minimum Gasteiger partial charge on any atom is -0.488 e. The number of aliphatic hydroxyl groups excluding tert-OH is 1. The minimum atomic E-state index is -0.317. The average molecular weight is 234 g/mol. The van der Waals surface area contributed by atoms with Gasteiger partial charge in [-0.15, -0.1) is 0 Å². The van der Waals surface area contributed by atoms with Crippen molar-refractivity contribution in [1.82, 2.24) is 0 Å². The van der Waals surface area contributed by atoms with Crippen LogP contribution in [0.15, 0.2) is 18.2 Å². The van der Waals surface area contributed by atoms with E-state index in [1.807, 2.05) is 12.1 Å². The van der Waals surface area contributed by atoms with E-state index in [0.717, 1.165) is 43.6 Å². The molecule has 1 aliphatic heterocycles. The molecule has 2 aliphatic rings. The predicted molar refractivity (Wildman–Crippen MR) is 64.2 cm³/mol. The first-order chi connectivity index (χ1) is 8.33. The highest BCUT2D eigenvalue weighted by molar-refractivity contribution is 5.38. The summed E-state index contributed by atoms with van der Waals surface area (Å²) in [5.74, 6) is 0.861. The van der Waals surface area contributed by atoms with Gasteiger partial charge in [0.2, 0.25) is 0 Å². The maximum atomic E-state index is 9.97. The van der Waals surface area contributed by atoms with E-state index >= 15 is 0 Å². The Balaban J connectivity index is 1.79. The molecule has 1 aromatic carbocycles. The molecule has 0 spiro atoms. The maximum absolute atomic E-state index is 9.97. The van der Waals surface area contributed by atoms with Gasteiger partial charge < -0.3 is 14.6 Å². The molecule has 3 nitrogen and oxygen atoms in total. The lowest BCUT2D eigenvalue weighted by molar-refractivity contribution is 0.139. The Kier molecular flexibility index (Phi) is 3.04. The van der Waals surface area contributed by atoms with E-state index in [4.69, 9.17) is 9.47 Å². The van der Waals surface area contributed by atoms with Gasteiger partial charge >= 0.3 is 0 Å². The summed E-state index contributed by atoms with van der Waals surface area (Å²) in [6.07, 6.45) is 3.82. The molecular weight excluding hydrogens is 216 g/mol. The molecule has 1 aliphatic carbocycles. The van der Waals surface area contributed by atoms with Crippen molar-refractivity contribution in [3.63, 3.8) is 0 Å². The lowest BCUT2D eigenvalue weighted by Gasteiger charge is -2.22. The summed E-state index contributed by atoms with van der Waals surface area (Å²) in [5.41, 5.74) is 2.31. The third-order valence-corrected chi connectivity index (χ3v) is 3.59. The molecule has 17 heavy (non-hydrogen) atoms. The van der Waals surface area contributed by atoms with Gasteiger partial charge in [-0.2, -0.15) is 0 Å². The van der Waals surface area contributed by atoms with Crippen LogP contribution in [0.25, 0.3) is 0 Å². The van der Waals surface area contributed by atoms with Gasteiger partial charge in [0.05, 0.1) is 19.3 Å². The van der Waals surface area contributed by atoms with Crippen molar-refractivity contribution in [2.75, 3.05) is 13.2 Å². The van der Waals surface area contributed by atoms with E-state index in [2.05, 4.69) is 6.07 Å². The highest BCUT2D eigenvalue weighted by Crippen LogP contribution is 2.32. The van der Waals surface area contributed by atoms with Crippen LogP contribution < -0.4 is 4.74 Å². The highest BCUT2D eigenvalue weighted by Gasteiger charge is 2.21. The van der Waals surface area contributed by atoms with E-state index in [-0.39, 0.29) is 12.2 Å². The molecule has 1 aromatic rings. The van der Waals surface area contributed by atoms with Crippen LogP contribution in [-0.2, 0) is 11.2 Å². The van der Waals surface area contributed by atoms with Crippen molar-refractivity contribution in [3.05, 3.63) is 29.3 Å². The molecule has 2 atom stereocenters. The van der Waals surface area contributed by atoms with E-state index in [0.29, 0.717) is 6.61 Å². The average Bonchev–Trinajstić information content (AvgIpc) is 2.83. The second-order valence-electron chi connectivity index (χ2n) is 4.87. The molecule has 1 heterocycles. The van der Waals surface area contributed by atoms with Crippen LogP contribution >= 0.6 is 0 Å². The molecule has 92 valence electrons. The van der Waals surface area contributed by atoms with Crippen LogP contribution in [0.5, 0.6) is 5.75 Å². The summed E-state index contributed by atoms with van der Waals surface area (Å²) in [6, 6.07) is 6.09. The molecule has 3 heteroatoms. The third kappa shape index (κ3) is 2.31. The Morgan fingerprint density at radius 3 is 3.06 bits per heavy atom.